The van der Waals surface area contributed by atoms with E-state index in [1.165, 1.54) is 38.8 Å². The van der Waals surface area contributed by atoms with E-state index in [0.717, 1.165) is 12.8 Å². The Balaban J connectivity index is 1.62. The lowest BCUT2D eigenvalue weighted by molar-refractivity contribution is 0.144. The molecule has 0 atom stereocenters. The molecular formula is C18H28N2O3S. The molecule has 5 nitrogen and oxygen atoms in total. The van der Waals surface area contributed by atoms with Crippen LogP contribution in [-0.4, -0.2) is 57.0 Å². The summed E-state index contributed by atoms with van der Waals surface area (Å²) >= 11 is 0. The Labute approximate surface area is 145 Å². The Morgan fingerprint density at radius 3 is 2.04 bits per heavy atom. The molecule has 1 aromatic rings. The molecule has 0 N–H and O–H groups in total. The van der Waals surface area contributed by atoms with Gasteiger partial charge in [-0.15, -0.1) is 0 Å². The largest absolute Gasteiger partial charge is 0.497 e. The van der Waals surface area contributed by atoms with E-state index >= 15 is 0 Å². The summed E-state index contributed by atoms with van der Waals surface area (Å²) < 4.78 is 32.3. The highest BCUT2D eigenvalue weighted by Gasteiger charge is 2.31. The average Bonchev–Trinajstić information content (AvgIpc) is 2.91. The second kappa shape index (κ2) is 7.85. The van der Waals surface area contributed by atoms with Gasteiger partial charge in [0.2, 0.25) is 10.0 Å². The normalized spacial score (nSPS) is 22.2. The maximum absolute atomic E-state index is 12.8. The van der Waals surface area contributed by atoms with Crippen molar-refractivity contribution in [3.63, 3.8) is 0 Å². The van der Waals surface area contributed by atoms with Gasteiger partial charge in [0.05, 0.1) is 12.0 Å². The molecule has 1 aromatic carbocycles. The van der Waals surface area contributed by atoms with E-state index < -0.39 is 10.0 Å². The monoisotopic (exact) mass is 352 g/mol. The predicted molar refractivity (Wildman–Crippen MR) is 94.8 cm³/mol. The summed E-state index contributed by atoms with van der Waals surface area (Å²) in [6, 6.07) is 7.23. The molecule has 2 saturated heterocycles. The van der Waals surface area contributed by atoms with Gasteiger partial charge in [0.1, 0.15) is 5.75 Å². The summed E-state index contributed by atoms with van der Waals surface area (Å²) in [7, 11) is -1.81. The van der Waals surface area contributed by atoms with E-state index in [1.54, 1.807) is 35.7 Å². The first kappa shape index (κ1) is 17.7. The minimum absolute atomic E-state index is 0.358. The number of rotatable bonds is 4. The molecule has 2 heterocycles. The molecule has 0 aliphatic carbocycles. The summed E-state index contributed by atoms with van der Waals surface area (Å²) in [5, 5.41) is 0. The van der Waals surface area contributed by atoms with Crippen molar-refractivity contribution in [3.8, 4) is 5.75 Å². The van der Waals surface area contributed by atoms with E-state index in [9.17, 15) is 8.42 Å². The van der Waals surface area contributed by atoms with Crippen LogP contribution in [0.1, 0.15) is 38.5 Å². The zero-order valence-electron chi connectivity index (χ0n) is 14.5. The first-order valence-electron chi connectivity index (χ1n) is 8.99. The topological polar surface area (TPSA) is 49.9 Å². The smallest absolute Gasteiger partial charge is 0.243 e. The van der Waals surface area contributed by atoms with Gasteiger partial charge in [0.25, 0.3) is 0 Å². The molecule has 24 heavy (non-hydrogen) atoms. The van der Waals surface area contributed by atoms with Crippen LogP contribution in [0.2, 0.25) is 0 Å². The lowest BCUT2D eigenvalue weighted by Crippen LogP contribution is -2.46. The molecule has 0 radical (unpaired) electrons. The Kier molecular flexibility index (Phi) is 5.79. The zero-order valence-corrected chi connectivity index (χ0v) is 15.3. The maximum atomic E-state index is 12.8. The van der Waals surface area contributed by atoms with Gasteiger partial charge in [-0.3, -0.25) is 0 Å². The first-order valence-corrected chi connectivity index (χ1v) is 10.4. The van der Waals surface area contributed by atoms with Crippen LogP contribution in [0.4, 0.5) is 0 Å². The van der Waals surface area contributed by atoms with Gasteiger partial charge < -0.3 is 9.64 Å². The van der Waals surface area contributed by atoms with Crippen molar-refractivity contribution in [1.29, 1.82) is 0 Å². The molecule has 0 spiro atoms. The summed E-state index contributed by atoms with van der Waals surface area (Å²) in [4.78, 5) is 2.95. The molecule has 0 unspecified atom stereocenters. The molecule has 2 fully saturated rings. The van der Waals surface area contributed by atoms with E-state index in [4.69, 9.17) is 4.74 Å². The number of piperidine rings is 1. The van der Waals surface area contributed by atoms with Crippen LogP contribution in [0.3, 0.4) is 0 Å². The molecule has 3 rings (SSSR count). The number of hydrogen-bond donors (Lipinski definition) is 0. The fourth-order valence-electron chi connectivity index (χ4n) is 3.80. The third-order valence-corrected chi connectivity index (χ3v) is 7.19. The van der Waals surface area contributed by atoms with Crippen LogP contribution in [0.25, 0.3) is 0 Å². The third-order valence-electron chi connectivity index (χ3n) is 5.28. The van der Waals surface area contributed by atoms with Crippen molar-refractivity contribution in [2.24, 2.45) is 0 Å². The fourth-order valence-corrected chi connectivity index (χ4v) is 5.27. The predicted octanol–water partition coefficient (Wildman–Crippen LogP) is 2.72. The number of sulfonamides is 1. The van der Waals surface area contributed by atoms with E-state index in [1.807, 2.05) is 0 Å². The van der Waals surface area contributed by atoms with E-state index in [2.05, 4.69) is 4.90 Å². The van der Waals surface area contributed by atoms with Crippen molar-refractivity contribution >= 4 is 10.0 Å². The number of hydrogen-bond acceptors (Lipinski definition) is 4. The number of ether oxygens (including phenoxy) is 1. The van der Waals surface area contributed by atoms with Gasteiger partial charge in [-0.05, 0) is 63.0 Å². The summed E-state index contributed by atoms with van der Waals surface area (Å²) in [5.74, 6) is 0.675. The van der Waals surface area contributed by atoms with Crippen LogP contribution in [0.15, 0.2) is 29.2 Å². The molecule has 134 valence electrons. The van der Waals surface area contributed by atoms with Gasteiger partial charge in [0.15, 0.2) is 0 Å². The average molecular weight is 353 g/mol. The van der Waals surface area contributed by atoms with Crippen molar-refractivity contribution in [2.75, 3.05) is 33.3 Å². The quantitative estimate of drug-likeness (QED) is 0.836. The van der Waals surface area contributed by atoms with Crippen LogP contribution in [0, 0.1) is 0 Å². The highest BCUT2D eigenvalue weighted by molar-refractivity contribution is 7.89. The molecule has 0 saturated carbocycles. The summed E-state index contributed by atoms with van der Waals surface area (Å²) in [6.07, 6.45) is 7.11. The molecule has 2 aliphatic heterocycles. The van der Waals surface area contributed by atoms with Crippen LogP contribution >= 0.6 is 0 Å². The molecule has 0 aromatic heterocycles. The van der Waals surface area contributed by atoms with Gasteiger partial charge in [-0.2, -0.15) is 4.31 Å². The first-order chi connectivity index (χ1) is 11.6. The Hall–Kier alpha value is -1.11. The second-order valence-corrected chi connectivity index (χ2v) is 8.70. The summed E-state index contributed by atoms with van der Waals surface area (Å²) in [6.45, 7) is 3.59. The van der Waals surface area contributed by atoms with Gasteiger partial charge in [0, 0.05) is 19.1 Å². The number of nitrogens with zero attached hydrogens (tertiary/aromatic N) is 2. The molecule has 6 heteroatoms. The van der Waals surface area contributed by atoms with E-state index in [-0.39, 0.29) is 0 Å². The van der Waals surface area contributed by atoms with Crippen molar-refractivity contribution in [1.82, 2.24) is 9.21 Å². The zero-order chi connectivity index (χ0) is 17.0. The number of likely N-dealkylation sites (tertiary alicyclic amines) is 1. The SMILES string of the molecule is COc1ccc(S(=O)(=O)N2CCC(N3CCCCCC3)CC2)cc1. The fraction of sp³-hybridized carbons (Fsp3) is 0.667. The van der Waals surface area contributed by atoms with Crippen molar-refractivity contribution in [3.05, 3.63) is 24.3 Å². The minimum atomic E-state index is -3.39. The van der Waals surface area contributed by atoms with Crippen LogP contribution in [-0.2, 0) is 10.0 Å². The highest BCUT2D eigenvalue weighted by atomic mass is 32.2. The molecule has 0 amide bonds. The standard InChI is InChI=1S/C18H28N2O3S/c1-23-17-6-8-18(9-7-17)24(21,22)20-14-10-16(11-15-20)19-12-4-2-3-5-13-19/h6-9,16H,2-5,10-15H2,1H3. The molecular weight excluding hydrogens is 324 g/mol. The molecule has 0 bridgehead atoms. The Morgan fingerprint density at radius 1 is 0.917 bits per heavy atom. The number of methoxy groups -OCH3 is 1. The highest BCUT2D eigenvalue weighted by Crippen LogP contribution is 2.25. The van der Waals surface area contributed by atoms with Gasteiger partial charge in [-0.25, -0.2) is 8.42 Å². The minimum Gasteiger partial charge on any atom is -0.497 e. The van der Waals surface area contributed by atoms with Gasteiger partial charge in [-0.1, -0.05) is 12.8 Å². The lowest BCUT2D eigenvalue weighted by Gasteiger charge is -2.37. The number of benzene rings is 1. The van der Waals surface area contributed by atoms with E-state index in [0.29, 0.717) is 29.8 Å². The van der Waals surface area contributed by atoms with Crippen molar-refractivity contribution < 1.29 is 13.2 Å². The summed E-state index contributed by atoms with van der Waals surface area (Å²) in [5.41, 5.74) is 0. The van der Waals surface area contributed by atoms with Gasteiger partial charge >= 0.3 is 0 Å². The molecule has 2 aliphatic rings. The van der Waals surface area contributed by atoms with Crippen molar-refractivity contribution in [2.45, 2.75) is 49.5 Å². The second-order valence-electron chi connectivity index (χ2n) is 6.76. The van der Waals surface area contributed by atoms with Crippen LogP contribution in [0.5, 0.6) is 5.75 Å². The lowest BCUT2D eigenvalue weighted by atomic mass is 10.0. The van der Waals surface area contributed by atoms with Crippen LogP contribution < -0.4 is 4.74 Å². The third kappa shape index (κ3) is 3.92. The maximum Gasteiger partial charge on any atom is 0.243 e. The Morgan fingerprint density at radius 2 is 1.50 bits per heavy atom. The Bertz CT molecular complexity index is 614.